The van der Waals surface area contributed by atoms with Crippen molar-refractivity contribution in [3.8, 4) is 5.75 Å². The van der Waals surface area contributed by atoms with Gasteiger partial charge in [-0.25, -0.2) is 4.79 Å². The van der Waals surface area contributed by atoms with Gasteiger partial charge in [-0.05, 0) is 38.5 Å². The molecule has 0 saturated heterocycles. The van der Waals surface area contributed by atoms with Gasteiger partial charge in [-0.2, -0.15) is 0 Å². The Morgan fingerprint density at radius 3 is 2.58 bits per heavy atom. The van der Waals surface area contributed by atoms with E-state index < -0.39 is 17.7 Å². The number of phenolic OH excluding ortho intramolecular Hbond substituents is 1. The van der Waals surface area contributed by atoms with Crippen LogP contribution in [0.1, 0.15) is 32.4 Å². The van der Waals surface area contributed by atoms with Crippen molar-refractivity contribution in [2.45, 2.75) is 32.4 Å². The van der Waals surface area contributed by atoms with Crippen LogP contribution in [0.5, 0.6) is 5.75 Å². The Hall–Kier alpha value is -1.27. The molecule has 6 heteroatoms. The second-order valence-corrected chi connectivity index (χ2v) is 5.94. The van der Waals surface area contributed by atoms with E-state index in [-0.39, 0.29) is 12.4 Å². The number of aromatic hydroxyl groups is 1. The number of phenols is 1. The Labute approximate surface area is 120 Å². The summed E-state index contributed by atoms with van der Waals surface area (Å²) in [6.07, 6.45) is -0.605. The molecule has 0 radical (unpaired) electrons. The highest BCUT2D eigenvalue weighted by Gasteiger charge is 2.21. The van der Waals surface area contributed by atoms with Gasteiger partial charge in [-0.1, -0.05) is 22.0 Å². The fourth-order valence-electron chi connectivity index (χ4n) is 1.47. The number of halogens is 1. The zero-order valence-corrected chi connectivity index (χ0v) is 12.7. The highest BCUT2D eigenvalue weighted by Crippen LogP contribution is 2.27. The van der Waals surface area contributed by atoms with E-state index in [1.54, 1.807) is 26.8 Å². The SMILES string of the molecule is CC(C)(C)OC(=O)N[C@H](CO)c1ccc(O)cc1Br. The van der Waals surface area contributed by atoms with Gasteiger partial charge in [0.05, 0.1) is 12.6 Å². The molecule has 0 aromatic heterocycles. The van der Waals surface area contributed by atoms with Gasteiger partial charge in [0.15, 0.2) is 0 Å². The predicted molar refractivity (Wildman–Crippen MR) is 75.0 cm³/mol. The highest BCUT2D eigenvalue weighted by atomic mass is 79.9. The first-order chi connectivity index (χ1) is 8.73. The highest BCUT2D eigenvalue weighted by molar-refractivity contribution is 9.10. The minimum absolute atomic E-state index is 0.101. The summed E-state index contributed by atoms with van der Waals surface area (Å²) in [4.78, 5) is 11.7. The molecule has 0 unspecified atom stereocenters. The molecule has 5 nitrogen and oxygen atoms in total. The van der Waals surface area contributed by atoms with Gasteiger partial charge >= 0.3 is 6.09 Å². The Bertz CT molecular complexity index is 456. The molecule has 0 heterocycles. The molecule has 0 aliphatic heterocycles. The van der Waals surface area contributed by atoms with E-state index in [4.69, 9.17) is 4.74 Å². The van der Waals surface area contributed by atoms with Gasteiger partial charge in [0.1, 0.15) is 11.4 Å². The number of carbonyl (C=O) groups is 1. The third kappa shape index (κ3) is 5.08. The van der Waals surface area contributed by atoms with Crippen LogP contribution in [0, 0.1) is 0 Å². The lowest BCUT2D eigenvalue weighted by Crippen LogP contribution is -2.36. The first kappa shape index (κ1) is 15.8. The molecule has 1 rings (SSSR count). The molecular formula is C13H18BrNO4. The van der Waals surface area contributed by atoms with Crippen LogP contribution in [0.25, 0.3) is 0 Å². The Kier molecular flexibility index (Phi) is 5.20. The molecule has 1 aromatic carbocycles. The fourth-order valence-corrected chi connectivity index (χ4v) is 2.11. The van der Waals surface area contributed by atoms with Crippen LogP contribution in [0.15, 0.2) is 22.7 Å². The van der Waals surface area contributed by atoms with Crippen LogP contribution < -0.4 is 5.32 Å². The van der Waals surface area contributed by atoms with Crippen LogP contribution in [0.2, 0.25) is 0 Å². The first-order valence-corrected chi connectivity index (χ1v) is 6.61. The molecule has 0 fully saturated rings. The number of benzene rings is 1. The quantitative estimate of drug-likeness (QED) is 0.795. The predicted octanol–water partition coefficient (Wildman–Crippen LogP) is 2.71. The number of aliphatic hydroxyl groups is 1. The van der Waals surface area contributed by atoms with Crippen molar-refractivity contribution in [3.05, 3.63) is 28.2 Å². The second kappa shape index (κ2) is 6.25. The summed E-state index contributed by atoms with van der Waals surface area (Å²) in [5, 5.41) is 21.3. The maximum atomic E-state index is 11.7. The first-order valence-electron chi connectivity index (χ1n) is 5.81. The van der Waals surface area contributed by atoms with Gasteiger partial charge < -0.3 is 20.3 Å². The van der Waals surface area contributed by atoms with Crippen LogP contribution in [-0.4, -0.2) is 28.5 Å². The number of hydrogen-bond donors (Lipinski definition) is 3. The Morgan fingerprint density at radius 1 is 1.47 bits per heavy atom. The number of aliphatic hydroxyl groups excluding tert-OH is 1. The number of amides is 1. The van der Waals surface area contributed by atoms with Crippen LogP contribution >= 0.6 is 15.9 Å². The van der Waals surface area contributed by atoms with Crippen molar-refractivity contribution in [3.63, 3.8) is 0 Å². The summed E-state index contributed by atoms with van der Waals surface area (Å²) < 4.78 is 5.73. The molecule has 1 aromatic rings. The summed E-state index contributed by atoms with van der Waals surface area (Å²) in [6, 6.07) is 4.00. The molecule has 0 spiro atoms. The maximum absolute atomic E-state index is 11.7. The number of ether oxygens (including phenoxy) is 1. The molecule has 0 saturated carbocycles. The molecule has 0 aliphatic carbocycles. The monoisotopic (exact) mass is 331 g/mol. The zero-order chi connectivity index (χ0) is 14.6. The third-order valence-electron chi connectivity index (χ3n) is 2.23. The van der Waals surface area contributed by atoms with Gasteiger partial charge in [-0.15, -0.1) is 0 Å². The normalized spacial score (nSPS) is 12.9. The lowest BCUT2D eigenvalue weighted by Gasteiger charge is -2.23. The van der Waals surface area contributed by atoms with Crippen molar-refractivity contribution in [1.29, 1.82) is 0 Å². The lowest BCUT2D eigenvalue weighted by atomic mass is 10.1. The zero-order valence-electron chi connectivity index (χ0n) is 11.1. The number of rotatable bonds is 3. The van der Waals surface area contributed by atoms with E-state index in [9.17, 15) is 15.0 Å². The molecule has 1 amide bonds. The summed E-state index contributed by atoms with van der Waals surface area (Å²) in [7, 11) is 0. The van der Waals surface area contributed by atoms with E-state index >= 15 is 0 Å². The number of nitrogens with one attached hydrogen (secondary N) is 1. The second-order valence-electron chi connectivity index (χ2n) is 5.09. The summed E-state index contributed by atoms with van der Waals surface area (Å²) in [6.45, 7) is 5.01. The van der Waals surface area contributed by atoms with Crippen molar-refractivity contribution in [2.75, 3.05) is 6.61 Å². The number of alkyl carbamates (subject to hydrolysis) is 1. The van der Waals surface area contributed by atoms with Crippen LogP contribution in [0.4, 0.5) is 4.79 Å². The van der Waals surface area contributed by atoms with Gasteiger partial charge in [0.2, 0.25) is 0 Å². The average Bonchev–Trinajstić information content (AvgIpc) is 2.24. The smallest absolute Gasteiger partial charge is 0.408 e. The van der Waals surface area contributed by atoms with Crippen molar-refractivity contribution >= 4 is 22.0 Å². The fraction of sp³-hybridized carbons (Fsp3) is 0.462. The summed E-state index contributed by atoms with van der Waals surface area (Å²) >= 11 is 3.28. The maximum Gasteiger partial charge on any atom is 0.408 e. The molecule has 19 heavy (non-hydrogen) atoms. The Balaban J connectivity index is 2.81. The number of hydrogen-bond acceptors (Lipinski definition) is 4. The number of carbonyl (C=O) groups excluding carboxylic acids is 1. The van der Waals surface area contributed by atoms with Gasteiger partial charge in [0.25, 0.3) is 0 Å². The molecule has 0 aliphatic rings. The van der Waals surface area contributed by atoms with Gasteiger partial charge in [0, 0.05) is 4.47 Å². The molecular weight excluding hydrogens is 314 g/mol. The van der Waals surface area contributed by atoms with Gasteiger partial charge in [-0.3, -0.25) is 0 Å². The third-order valence-corrected chi connectivity index (χ3v) is 2.92. The van der Waals surface area contributed by atoms with E-state index in [1.165, 1.54) is 12.1 Å². The van der Waals surface area contributed by atoms with Crippen LogP contribution in [-0.2, 0) is 4.74 Å². The molecule has 3 N–H and O–H groups in total. The Morgan fingerprint density at radius 2 is 2.11 bits per heavy atom. The van der Waals surface area contributed by atoms with E-state index in [0.29, 0.717) is 10.0 Å². The topological polar surface area (TPSA) is 78.8 Å². The van der Waals surface area contributed by atoms with Crippen molar-refractivity contribution < 1.29 is 19.7 Å². The molecule has 0 bridgehead atoms. The average molecular weight is 332 g/mol. The standard InChI is InChI=1S/C13H18BrNO4/c1-13(2,3)19-12(18)15-11(7-16)9-5-4-8(17)6-10(9)14/h4-6,11,16-17H,7H2,1-3H3,(H,15,18)/t11-/m1/s1. The molecule has 1 atom stereocenters. The molecule has 106 valence electrons. The van der Waals surface area contributed by atoms with Crippen molar-refractivity contribution in [2.24, 2.45) is 0 Å². The van der Waals surface area contributed by atoms with E-state index in [1.807, 2.05) is 0 Å². The summed E-state index contributed by atoms with van der Waals surface area (Å²) in [5.41, 5.74) is 0.0576. The largest absolute Gasteiger partial charge is 0.508 e. The summed E-state index contributed by atoms with van der Waals surface area (Å²) in [5.74, 6) is 0.101. The van der Waals surface area contributed by atoms with Crippen LogP contribution in [0.3, 0.4) is 0 Å². The van der Waals surface area contributed by atoms with E-state index in [2.05, 4.69) is 21.2 Å². The lowest BCUT2D eigenvalue weighted by molar-refractivity contribution is 0.0481. The van der Waals surface area contributed by atoms with E-state index in [0.717, 1.165) is 0 Å². The minimum atomic E-state index is -0.607. The van der Waals surface area contributed by atoms with Crippen molar-refractivity contribution in [1.82, 2.24) is 5.32 Å². The minimum Gasteiger partial charge on any atom is -0.508 e.